The molecule has 0 saturated heterocycles. The summed E-state index contributed by atoms with van der Waals surface area (Å²) in [5.74, 6) is -2.69. The summed E-state index contributed by atoms with van der Waals surface area (Å²) < 4.78 is 0. The van der Waals surface area contributed by atoms with Gasteiger partial charge in [-0.15, -0.1) is 0 Å². The minimum absolute atomic E-state index is 0.144. The number of carboxylic acid groups (broad SMARTS) is 2. The molecule has 0 heterocycles. The second-order valence-electron chi connectivity index (χ2n) is 4.02. The fraction of sp³-hybridized carbons (Fsp3) is 0.600. The number of aldehydes is 1. The van der Waals surface area contributed by atoms with Gasteiger partial charge in [-0.2, -0.15) is 0 Å². The summed E-state index contributed by atoms with van der Waals surface area (Å²) in [7, 11) is 0.868. The maximum Gasteiger partial charge on any atom is 0.317 e. The predicted octanol–water partition coefficient (Wildman–Crippen LogP) is -2.68. The van der Waals surface area contributed by atoms with Gasteiger partial charge in [0.2, 0.25) is 5.91 Å². The van der Waals surface area contributed by atoms with Gasteiger partial charge in [0.15, 0.2) is 0 Å². The Balaban J connectivity index is 4.49. The van der Waals surface area contributed by atoms with E-state index < -0.39 is 31.1 Å². The fourth-order valence-corrected chi connectivity index (χ4v) is 1.93. The minimum atomic E-state index is -1.20. The number of aliphatic carboxylic acids is 2. The molecule has 0 aromatic rings. The van der Waals surface area contributed by atoms with Gasteiger partial charge >= 0.3 is 11.9 Å². The van der Waals surface area contributed by atoms with E-state index in [4.69, 9.17) is 10.2 Å². The molecule has 0 aromatic carbocycles. The molecule has 0 rings (SSSR count). The molecule has 0 fully saturated rings. The normalized spacial score (nSPS) is 12.1. The average molecular weight is 290 g/mol. The molecule has 0 aliphatic heterocycles. The first kappa shape index (κ1) is 17.3. The van der Waals surface area contributed by atoms with Gasteiger partial charge in [0.25, 0.3) is 0 Å². The number of hydrogen-bond donors (Lipinski definition) is 3. The van der Waals surface area contributed by atoms with E-state index in [1.165, 1.54) is 0 Å². The van der Waals surface area contributed by atoms with E-state index in [-0.39, 0.29) is 12.5 Å². The fourth-order valence-electron chi connectivity index (χ4n) is 1.47. The number of carboxylic acids is 2. The molecule has 108 valence electrons. The van der Waals surface area contributed by atoms with Gasteiger partial charge < -0.3 is 20.3 Å². The van der Waals surface area contributed by atoms with Crippen LogP contribution in [-0.4, -0.2) is 75.2 Å². The van der Waals surface area contributed by atoms with Crippen molar-refractivity contribution < 1.29 is 29.4 Å². The zero-order valence-electron chi connectivity index (χ0n) is 10.7. The Morgan fingerprint density at radius 3 is 2.11 bits per heavy atom. The maximum atomic E-state index is 11.3. The highest BCUT2D eigenvalue weighted by Crippen LogP contribution is 1.94. The van der Waals surface area contributed by atoms with Crippen LogP contribution in [0.1, 0.15) is 6.42 Å². The second kappa shape index (κ2) is 9.22. The van der Waals surface area contributed by atoms with Crippen LogP contribution in [0.4, 0.5) is 0 Å². The molecule has 1 unspecified atom stereocenters. The number of nitrogens with one attached hydrogen (secondary N) is 1. The lowest BCUT2D eigenvalue weighted by atomic mass is 10.2. The van der Waals surface area contributed by atoms with E-state index >= 15 is 0 Å². The summed E-state index contributed by atoms with van der Waals surface area (Å²) in [5, 5.41) is 19.7. The smallest absolute Gasteiger partial charge is 0.317 e. The number of nitrogens with zero attached hydrogens (tertiary/aromatic N) is 1. The molecule has 0 saturated carbocycles. The van der Waals surface area contributed by atoms with Crippen LogP contribution in [0.15, 0.2) is 0 Å². The van der Waals surface area contributed by atoms with Crippen LogP contribution in [0.25, 0.3) is 0 Å². The van der Waals surface area contributed by atoms with Crippen molar-refractivity contribution in [3.05, 3.63) is 0 Å². The summed E-state index contributed by atoms with van der Waals surface area (Å²) in [4.78, 5) is 44.4. The summed E-state index contributed by atoms with van der Waals surface area (Å²) in [6, 6.07) is -0.148. The molecule has 1 atom stereocenters. The Morgan fingerprint density at radius 1 is 1.21 bits per heavy atom. The second-order valence-corrected chi connectivity index (χ2v) is 5.02. The van der Waals surface area contributed by atoms with Crippen molar-refractivity contribution in [1.82, 2.24) is 10.2 Å². The standard InChI is InChI=1S/C10H18N2O6Si/c13-6-7(11-8(14)1-2-19)3-12(4-9(15)16)5-10(17)18/h6-7H,1-5H2,19H3,(H,11,14)(H,15,16)(H,17,18). The van der Waals surface area contributed by atoms with Crippen LogP contribution >= 0.6 is 0 Å². The minimum Gasteiger partial charge on any atom is -0.480 e. The van der Waals surface area contributed by atoms with Gasteiger partial charge in [0, 0.05) is 23.2 Å². The summed E-state index contributed by atoms with van der Waals surface area (Å²) in [6.07, 6.45) is 0.788. The van der Waals surface area contributed by atoms with Crippen molar-refractivity contribution in [2.45, 2.75) is 18.5 Å². The Bertz CT molecular complexity index is 333. The van der Waals surface area contributed by atoms with Gasteiger partial charge in [-0.1, -0.05) is 6.04 Å². The topological polar surface area (TPSA) is 124 Å². The number of carbonyl (C=O) groups excluding carboxylic acids is 2. The molecule has 0 aromatic heterocycles. The van der Waals surface area contributed by atoms with E-state index in [0.29, 0.717) is 12.7 Å². The summed E-state index contributed by atoms with van der Waals surface area (Å²) in [5.41, 5.74) is 0. The molecule has 8 nitrogen and oxygen atoms in total. The van der Waals surface area contributed by atoms with Crippen molar-refractivity contribution >= 4 is 34.4 Å². The van der Waals surface area contributed by atoms with Gasteiger partial charge in [-0.05, 0) is 0 Å². The van der Waals surface area contributed by atoms with Crippen LogP contribution in [0.5, 0.6) is 0 Å². The van der Waals surface area contributed by atoms with Gasteiger partial charge in [-0.25, -0.2) is 0 Å². The van der Waals surface area contributed by atoms with Crippen molar-refractivity contribution in [2.75, 3.05) is 19.6 Å². The van der Waals surface area contributed by atoms with Gasteiger partial charge in [-0.3, -0.25) is 19.3 Å². The van der Waals surface area contributed by atoms with E-state index in [0.717, 1.165) is 21.2 Å². The van der Waals surface area contributed by atoms with Crippen molar-refractivity contribution in [3.63, 3.8) is 0 Å². The lowest BCUT2D eigenvalue weighted by Crippen LogP contribution is -2.47. The van der Waals surface area contributed by atoms with Crippen molar-refractivity contribution in [3.8, 4) is 0 Å². The molecular weight excluding hydrogens is 272 g/mol. The van der Waals surface area contributed by atoms with Crippen LogP contribution < -0.4 is 5.32 Å². The number of rotatable bonds is 10. The first-order valence-corrected chi connectivity index (χ1v) is 7.21. The third kappa shape index (κ3) is 8.91. The van der Waals surface area contributed by atoms with E-state index in [9.17, 15) is 19.2 Å². The molecule has 3 N–H and O–H groups in total. The molecule has 1 amide bonds. The van der Waals surface area contributed by atoms with Crippen LogP contribution in [0.2, 0.25) is 6.04 Å². The SMILES string of the molecule is O=CC(CN(CC(=O)O)CC(=O)O)NC(=O)CC[SiH3]. The average Bonchev–Trinajstić information content (AvgIpc) is 2.26. The highest BCUT2D eigenvalue weighted by atomic mass is 28.1. The highest BCUT2D eigenvalue weighted by molar-refractivity contribution is 6.10. The monoisotopic (exact) mass is 290 g/mol. The first-order chi connectivity index (χ1) is 8.88. The number of amides is 1. The highest BCUT2D eigenvalue weighted by Gasteiger charge is 2.19. The first-order valence-electron chi connectivity index (χ1n) is 5.79. The lowest BCUT2D eigenvalue weighted by Gasteiger charge is -2.22. The predicted molar refractivity (Wildman–Crippen MR) is 69.1 cm³/mol. The Labute approximate surface area is 113 Å². The Kier molecular flexibility index (Phi) is 8.38. The largest absolute Gasteiger partial charge is 0.480 e. The Morgan fingerprint density at radius 2 is 1.74 bits per heavy atom. The van der Waals surface area contributed by atoms with Gasteiger partial charge in [0.1, 0.15) is 6.29 Å². The molecule has 19 heavy (non-hydrogen) atoms. The quantitative estimate of drug-likeness (QED) is 0.296. The summed E-state index contributed by atoms with van der Waals surface area (Å²) >= 11 is 0. The van der Waals surface area contributed by atoms with E-state index in [1.807, 2.05) is 0 Å². The molecule has 0 aliphatic carbocycles. The molecular formula is C10H18N2O6Si. The van der Waals surface area contributed by atoms with Crippen LogP contribution in [0, 0.1) is 0 Å². The lowest BCUT2D eigenvalue weighted by molar-refractivity contribution is -0.142. The number of hydrogen-bond acceptors (Lipinski definition) is 5. The zero-order valence-corrected chi connectivity index (χ0v) is 12.7. The number of carbonyl (C=O) groups is 4. The van der Waals surface area contributed by atoms with Crippen LogP contribution in [-0.2, 0) is 19.2 Å². The third-order valence-electron chi connectivity index (χ3n) is 2.16. The maximum absolute atomic E-state index is 11.3. The van der Waals surface area contributed by atoms with E-state index in [2.05, 4.69) is 5.32 Å². The third-order valence-corrected chi connectivity index (χ3v) is 2.66. The Hall–Kier alpha value is -1.74. The van der Waals surface area contributed by atoms with Crippen molar-refractivity contribution in [2.24, 2.45) is 0 Å². The van der Waals surface area contributed by atoms with Crippen LogP contribution in [0.3, 0.4) is 0 Å². The molecule has 0 spiro atoms. The molecule has 0 bridgehead atoms. The zero-order chi connectivity index (χ0) is 14.8. The molecule has 0 aliphatic rings. The summed E-state index contributed by atoms with van der Waals surface area (Å²) in [6.45, 7) is -1.16. The van der Waals surface area contributed by atoms with Gasteiger partial charge in [0.05, 0.1) is 19.1 Å². The molecule has 9 heteroatoms. The van der Waals surface area contributed by atoms with Crippen molar-refractivity contribution in [1.29, 1.82) is 0 Å². The molecule has 0 radical (unpaired) electrons. The van der Waals surface area contributed by atoms with E-state index in [1.54, 1.807) is 0 Å².